The zero-order chi connectivity index (χ0) is 18.5. The van der Waals surface area contributed by atoms with Gasteiger partial charge in [-0.15, -0.1) is 0 Å². The number of halogens is 2. The van der Waals surface area contributed by atoms with Gasteiger partial charge in [-0.1, -0.05) is 55.3 Å². The molecule has 1 aliphatic rings. The van der Waals surface area contributed by atoms with Gasteiger partial charge in [-0.05, 0) is 38.0 Å². The number of aryl methyl sites for hydroxylation is 1. The normalized spacial score (nSPS) is 16.1. The maximum absolute atomic E-state index is 12.3. The molecule has 1 aromatic heterocycles. The number of amides is 1. The van der Waals surface area contributed by atoms with Crippen LogP contribution in [-0.2, 0) is 4.79 Å². The number of nitrogens with one attached hydrogen (secondary N) is 1. The summed E-state index contributed by atoms with van der Waals surface area (Å²) in [6.45, 7) is 1.81. The number of aromatic nitrogens is 1. The second-order valence-corrected chi connectivity index (χ2v) is 7.73. The topological polar surface area (TPSA) is 51.2 Å². The summed E-state index contributed by atoms with van der Waals surface area (Å²) in [4.78, 5) is 16.8. The van der Waals surface area contributed by atoms with Crippen LogP contribution in [0.5, 0.6) is 5.75 Å². The molecule has 4 nitrogen and oxygen atoms in total. The lowest BCUT2D eigenvalue weighted by Crippen LogP contribution is -2.38. The van der Waals surface area contributed by atoms with Crippen molar-refractivity contribution >= 4 is 40.0 Å². The molecule has 0 spiro atoms. The molecule has 140 valence electrons. The zero-order valence-corrected chi connectivity index (χ0v) is 16.5. The van der Waals surface area contributed by atoms with Crippen molar-refractivity contribution in [1.29, 1.82) is 0 Å². The molecule has 1 saturated carbocycles. The number of fused-ring (bicyclic) bond motifs is 1. The molecule has 26 heavy (non-hydrogen) atoms. The van der Waals surface area contributed by atoms with Crippen molar-refractivity contribution in [2.24, 2.45) is 0 Å². The van der Waals surface area contributed by atoms with E-state index in [4.69, 9.17) is 27.9 Å². The van der Waals surface area contributed by atoms with Gasteiger partial charge in [-0.3, -0.25) is 4.79 Å². The quantitative estimate of drug-likeness (QED) is 0.748. The summed E-state index contributed by atoms with van der Waals surface area (Å²) >= 11 is 12.5. The summed E-state index contributed by atoms with van der Waals surface area (Å²) in [6, 6.07) is 5.64. The monoisotopic (exact) mass is 394 g/mol. The van der Waals surface area contributed by atoms with Crippen molar-refractivity contribution < 1.29 is 9.53 Å². The highest BCUT2D eigenvalue weighted by Crippen LogP contribution is 2.37. The number of ether oxygens (including phenoxy) is 1. The fraction of sp³-hybridized carbons (Fsp3) is 0.500. The zero-order valence-electron chi connectivity index (χ0n) is 15.0. The molecule has 1 fully saturated rings. The molecule has 0 unspecified atom stereocenters. The van der Waals surface area contributed by atoms with Crippen LogP contribution in [0.3, 0.4) is 0 Å². The van der Waals surface area contributed by atoms with E-state index in [0.717, 1.165) is 23.9 Å². The molecule has 1 aromatic carbocycles. The molecule has 3 rings (SSSR count). The highest BCUT2D eigenvalue weighted by molar-refractivity contribution is 6.39. The highest BCUT2D eigenvalue weighted by atomic mass is 35.5. The number of benzene rings is 1. The number of hydrogen-bond acceptors (Lipinski definition) is 3. The molecule has 1 N–H and O–H groups in total. The van der Waals surface area contributed by atoms with E-state index in [-0.39, 0.29) is 18.6 Å². The molecule has 0 aliphatic heterocycles. The van der Waals surface area contributed by atoms with Crippen LogP contribution in [-0.4, -0.2) is 23.5 Å². The average molecular weight is 395 g/mol. The predicted octanol–water partition coefficient (Wildman–Crippen LogP) is 5.46. The van der Waals surface area contributed by atoms with Gasteiger partial charge in [0.1, 0.15) is 5.52 Å². The third kappa shape index (κ3) is 4.80. The van der Waals surface area contributed by atoms with Crippen molar-refractivity contribution in [3.8, 4) is 5.75 Å². The minimum Gasteiger partial charge on any atom is -0.480 e. The Labute approximate surface area is 164 Å². The Morgan fingerprint density at radius 2 is 1.85 bits per heavy atom. The van der Waals surface area contributed by atoms with E-state index < -0.39 is 0 Å². The first-order chi connectivity index (χ1) is 12.5. The van der Waals surface area contributed by atoms with Crippen molar-refractivity contribution in [1.82, 2.24) is 10.3 Å². The Hall–Kier alpha value is -1.52. The first kappa shape index (κ1) is 19.2. The van der Waals surface area contributed by atoms with E-state index >= 15 is 0 Å². The molecule has 1 amide bonds. The molecular formula is C20H24Cl2N2O2. The van der Waals surface area contributed by atoms with Gasteiger partial charge in [0, 0.05) is 17.1 Å². The Kier molecular flexibility index (Phi) is 6.60. The van der Waals surface area contributed by atoms with Crippen LogP contribution >= 0.6 is 23.2 Å². The summed E-state index contributed by atoms with van der Waals surface area (Å²) in [6.07, 6.45) is 8.22. The van der Waals surface area contributed by atoms with E-state index in [0.29, 0.717) is 21.3 Å². The number of nitrogens with zero attached hydrogens (tertiary/aromatic N) is 1. The van der Waals surface area contributed by atoms with E-state index in [1.807, 2.05) is 19.1 Å². The van der Waals surface area contributed by atoms with Gasteiger partial charge < -0.3 is 10.1 Å². The summed E-state index contributed by atoms with van der Waals surface area (Å²) in [5.41, 5.74) is 1.42. The molecule has 1 aliphatic carbocycles. The van der Waals surface area contributed by atoms with Crippen LogP contribution in [0.1, 0.15) is 50.6 Å². The SMILES string of the molecule is Cc1ccc2c(Cl)cc(Cl)c(OCC(=O)NC3CCCCCCC3)c2n1. The van der Waals surface area contributed by atoms with Crippen molar-refractivity contribution in [2.45, 2.75) is 57.9 Å². The molecule has 6 heteroatoms. The maximum atomic E-state index is 12.3. The van der Waals surface area contributed by atoms with Crippen LogP contribution < -0.4 is 10.1 Å². The molecule has 0 atom stereocenters. The first-order valence-corrected chi connectivity index (χ1v) is 9.97. The summed E-state index contributed by atoms with van der Waals surface area (Å²) in [7, 11) is 0. The van der Waals surface area contributed by atoms with Crippen LogP contribution in [0.2, 0.25) is 10.0 Å². The molecule has 1 heterocycles. The Morgan fingerprint density at radius 3 is 2.58 bits per heavy atom. The molecular weight excluding hydrogens is 371 g/mol. The van der Waals surface area contributed by atoms with Crippen molar-refractivity contribution in [3.05, 3.63) is 33.9 Å². The smallest absolute Gasteiger partial charge is 0.258 e. The summed E-state index contributed by atoms with van der Waals surface area (Å²) in [5, 5.41) is 4.73. The molecule has 0 radical (unpaired) electrons. The third-order valence-corrected chi connectivity index (χ3v) is 5.39. The lowest BCUT2D eigenvalue weighted by atomic mass is 9.97. The number of hydrogen-bond donors (Lipinski definition) is 1. The Balaban J connectivity index is 1.69. The Morgan fingerprint density at radius 1 is 1.15 bits per heavy atom. The minimum atomic E-state index is -0.123. The maximum Gasteiger partial charge on any atom is 0.258 e. The van der Waals surface area contributed by atoms with Gasteiger partial charge in [0.05, 0.1) is 10.0 Å². The average Bonchev–Trinajstić information content (AvgIpc) is 2.56. The second-order valence-electron chi connectivity index (χ2n) is 6.92. The molecule has 0 saturated heterocycles. The standard InChI is InChI=1S/C20H24Cl2N2O2/c1-13-9-10-15-16(21)11-17(22)20(19(15)23-13)26-12-18(25)24-14-7-5-3-2-4-6-8-14/h9-11,14H,2-8,12H2,1H3,(H,24,25). The van der Waals surface area contributed by atoms with E-state index in [1.54, 1.807) is 6.07 Å². The van der Waals surface area contributed by atoms with Gasteiger partial charge >= 0.3 is 0 Å². The van der Waals surface area contributed by atoms with Gasteiger partial charge in [0.15, 0.2) is 12.4 Å². The number of rotatable bonds is 4. The minimum absolute atomic E-state index is 0.0808. The molecule has 0 bridgehead atoms. The van der Waals surface area contributed by atoms with E-state index in [9.17, 15) is 4.79 Å². The lowest BCUT2D eigenvalue weighted by molar-refractivity contribution is -0.123. The first-order valence-electron chi connectivity index (χ1n) is 9.22. The number of carbonyl (C=O) groups is 1. The van der Waals surface area contributed by atoms with Crippen LogP contribution in [0.4, 0.5) is 0 Å². The van der Waals surface area contributed by atoms with Crippen LogP contribution in [0.15, 0.2) is 18.2 Å². The van der Waals surface area contributed by atoms with Gasteiger partial charge in [0.25, 0.3) is 5.91 Å². The van der Waals surface area contributed by atoms with E-state index in [2.05, 4.69) is 10.3 Å². The predicted molar refractivity (Wildman–Crippen MR) is 106 cm³/mol. The summed E-state index contributed by atoms with van der Waals surface area (Å²) in [5.74, 6) is 0.282. The van der Waals surface area contributed by atoms with Crippen molar-refractivity contribution in [3.63, 3.8) is 0 Å². The Bertz CT molecular complexity index is 787. The van der Waals surface area contributed by atoms with Gasteiger partial charge in [0.2, 0.25) is 0 Å². The third-order valence-electron chi connectivity index (χ3n) is 4.80. The van der Waals surface area contributed by atoms with Crippen molar-refractivity contribution in [2.75, 3.05) is 6.61 Å². The van der Waals surface area contributed by atoms with Crippen LogP contribution in [0, 0.1) is 6.92 Å². The summed E-state index contributed by atoms with van der Waals surface area (Å²) < 4.78 is 5.75. The van der Waals surface area contributed by atoms with Gasteiger partial charge in [-0.2, -0.15) is 0 Å². The number of pyridine rings is 1. The second kappa shape index (κ2) is 8.92. The fourth-order valence-electron chi connectivity index (χ4n) is 3.44. The fourth-order valence-corrected chi connectivity index (χ4v) is 4.01. The van der Waals surface area contributed by atoms with E-state index in [1.165, 1.54) is 32.1 Å². The van der Waals surface area contributed by atoms with Gasteiger partial charge in [-0.25, -0.2) is 4.98 Å². The molecule has 2 aromatic rings. The lowest BCUT2D eigenvalue weighted by Gasteiger charge is -2.21. The van der Waals surface area contributed by atoms with Crippen LogP contribution in [0.25, 0.3) is 10.9 Å². The largest absolute Gasteiger partial charge is 0.480 e. The highest BCUT2D eigenvalue weighted by Gasteiger charge is 2.17. The number of carbonyl (C=O) groups excluding carboxylic acids is 1.